The molecule has 0 radical (unpaired) electrons. The molecular weight excluding hydrogens is 248 g/mol. The predicted molar refractivity (Wildman–Crippen MR) is 70.8 cm³/mol. The lowest BCUT2D eigenvalue weighted by atomic mass is 9.99. The number of nitro benzene ring substituents is 1. The summed E-state index contributed by atoms with van der Waals surface area (Å²) in [6, 6.07) is 6.04. The summed E-state index contributed by atoms with van der Waals surface area (Å²) < 4.78 is 0. The van der Waals surface area contributed by atoms with Crippen LogP contribution in [0.1, 0.15) is 25.3 Å². The van der Waals surface area contributed by atoms with Gasteiger partial charge in [0.15, 0.2) is 0 Å². The van der Waals surface area contributed by atoms with Gasteiger partial charge in [0, 0.05) is 25.7 Å². The Balaban J connectivity index is 2.87. The minimum Gasteiger partial charge on any atom is -0.392 e. The molecule has 6 heteroatoms. The van der Waals surface area contributed by atoms with Crippen LogP contribution in [0.15, 0.2) is 24.3 Å². The summed E-state index contributed by atoms with van der Waals surface area (Å²) in [5.74, 6) is -0.662. The first-order chi connectivity index (χ1) is 8.82. The van der Waals surface area contributed by atoms with Crippen molar-refractivity contribution < 1.29 is 14.8 Å². The quantitative estimate of drug-likeness (QED) is 0.647. The summed E-state index contributed by atoms with van der Waals surface area (Å²) in [5, 5.41) is 20.0. The number of non-ortho nitro benzene ring substituents is 1. The van der Waals surface area contributed by atoms with Crippen molar-refractivity contribution in [1.82, 2.24) is 4.90 Å². The molecule has 1 aromatic rings. The summed E-state index contributed by atoms with van der Waals surface area (Å²) in [5.41, 5.74) is 0.562. The molecule has 1 aromatic carbocycles. The number of hydrogen-bond donors (Lipinski definition) is 1. The molecule has 0 fully saturated rings. The Morgan fingerprint density at radius 2 is 2.11 bits per heavy atom. The molecule has 2 unspecified atom stereocenters. The average Bonchev–Trinajstić information content (AvgIpc) is 2.36. The third-order valence-electron chi connectivity index (χ3n) is 2.87. The lowest BCUT2D eigenvalue weighted by Crippen LogP contribution is -2.35. The molecule has 0 saturated carbocycles. The molecule has 0 heterocycles. The number of likely N-dealkylation sites (N-methyl/N-ethyl adjacent to an activating group) is 1. The zero-order valence-electron chi connectivity index (χ0n) is 11.2. The molecule has 1 rings (SSSR count). The Kier molecular flexibility index (Phi) is 5.00. The standard InChI is InChI=1S/C13H18N2O4/c1-9(16)8-14(3)13(17)10(2)11-5-4-6-12(7-11)15(18)19/h4-7,9-10,16H,8H2,1-3H3. The van der Waals surface area contributed by atoms with Crippen LogP contribution < -0.4 is 0 Å². The number of nitro groups is 1. The zero-order valence-corrected chi connectivity index (χ0v) is 11.2. The van der Waals surface area contributed by atoms with Crippen LogP contribution in [0.2, 0.25) is 0 Å². The van der Waals surface area contributed by atoms with Gasteiger partial charge in [0.25, 0.3) is 5.69 Å². The number of aliphatic hydroxyl groups excluding tert-OH is 1. The van der Waals surface area contributed by atoms with E-state index in [1.54, 1.807) is 33.0 Å². The zero-order chi connectivity index (χ0) is 14.6. The Morgan fingerprint density at radius 3 is 2.63 bits per heavy atom. The van der Waals surface area contributed by atoms with Gasteiger partial charge in [0.05, 0.1) is 16.9 Å². The Hall–Kier alpha value is -1.95. The molecule has 0 bridgehead atoms. The van der Waals surface area contributed by atoms with Crippen molar-refractivity contribution in [1.29, 1.82) is 0 Å². The third-order valence-corrected chi connectivity index (χ3v) is 2.87. The van der Waals surface area contributed by atoms with Gasteiger partial charge in [-0.2, -0.15) is 0 Å². The van der Waals surface area contributed by atoms with E-state index in [1.165, 1.54) is 17.0 Å². The topological polar surface area (TPSA) is 83.7 Å². The van der Waals surface area contributed by atoms with E-state index in [9.17, 15) is 20.0 Å². The second kappa shape index (κ2) is 6.29. The number of nitrogens with zero attached hydrogens (tertiary/aromatic N) is 2. The summed E-state index contributed by atoms with van der Waals surface area (Å²) in [7, 11) is 1.60. The van der Waals surface area contributed by atoms with Gasteiger partial charge in [0.1, 0.15) is 0 Å². The minimum atomic E-state index is -0.605. The number of aliphatic hydroxyl groups is 1. The number of carbonyl (C=O) groups excluding carboxylic acids is 1. The van der Waals surface area contributed by atoms with E-state index in [4.69, 9.17) is 0 Å². The maximum Gasteiger partial charge on any atom is 0.269 e. The second-order valence-electron chi connectivity index (χ2n) is 4.64. The summed E-state index contributed by atoms with van der Waals surface area (Å²) in [6.07, 6.45) is -0.605. The number of benzene rings is 1. The molecule has 0 saturated heterocycles. The maximum absolute atomic E-state index is 12.1. The van der Waals surface area contributed by atoms with E-state index in [2.05, 4.69) is 0 Å². The van der Waals surface area contributed by atoms with E-state index in [-0.39, 0.29) is 18.1 Å². The summed E-state index contributed by atoms with van der Waals surface area (Å²) in [4.78, 5) is 23.7. The van der Waals surface area contributed by atoms with E-state index < -0.39 is 16.9 Å². The van der Waals surface area contributed by atoms with Gasteiger partial charge in [-0.15, -0.1) is 0 Å². The number of rotatable bonds is 5. The van der Waals surface area contributed by atoms with Crippen molar-refractivity contribution in [2.24, 2.45) is 0 Å². The highest BCUT2D eigenvalue weighted by atomic mass is 16.6. The first-order valence-electron chi connectivity index (χ1n) is 6.00. The predicted octanol–water partition coefficient (Wildman–Crippen LogP) is 1.54. The molecule has 2 atom stereocenters. The molecule has 6 nitrogen and oxygen atoms in total. The Morgan fingerprint density at radius 1 is 1.47 bits per heavy atom. The normalized spacial score (nSPS) is 13.7. The number of amides is 1. The van der Waals surface area contributed by atoms with Gasteiger partial charge in [-0.05, 0) is 19.4 Å². The highest BCUT2D eigenvalue weighted by Crippen LogP contribution is 2.22. The molecule has 0 aliphatic carbocycles. The summed E-state index contributed by atoms with van der Waals surface area (Å²) in [6.45, 7) is 3.53. The molecule has 104 valence electrons. The van der Waals surface area contributed by atoms with E-state index in [0.717, 1.165) is 0 Å². The van der Waals surface area contributed by atoms with E-state index in [1.807, 2.05) is 0 Å². The fourth-order valence-corrected chi connectivity index (χ4v) is 1.87. The third kappa shape index (κ3) is 4.03. The van der Waals surface area contributed by atoms with Crippen molar-refractivity contribution in [3.63, 3.8) is 0 Å². The van der Waals surface area contributed by atoms with Crippen molar-refractivity contribution in [2.75, 3.05) is 13.6 Å². The lowest BCUT2D eigenvalue weighted by molar-refractivity contribution is -0.384. The van der Waals surface area contributed by atoms with Gasteiger partial charge in [0.2, 0.25) is 5.91 Å². The van der Waals surface area contributed by atoms with Gasteiger partial charge in [-0.1, -0.05) is 12.1 Å². The van der Waals surface area contributed by atoms with Gasteiger partial charge in [-0.3, -0.25) is 14.9 Å². The first-order valence-corrected chi connectivity index (χ1v) is 6.00. The van der Waals surface area contributed by atoms with Gasteiger partial charge >= 0.3 is 0 Å². The van der Waals surface area contributed by atoms with Crippen LogP contribution >= 0.6 is 0 Å². The minimum absolute atomic E-state index is 0.0321. The van der Waals surface area contributed by atoms with Crippen molar-refractivity contribution in [3.05, 3.63) is 39.9 Å². The molecular formula is C13H18N2O4. The van der Waals surface area contributed by atoms with Crippen molar-refractivity contribution in [2.45, 2.75) is 25.9 Å². The fraction of sp³-hybridized carbons (Fsp3) is 0.462. The second-order valence-corrected chi connectivity index (χ2v) is 4.64. The van der Waals surface area contributed by atoms with Crippen LogP contribution in [0.5, 0.6) is 0 Å². The number of carbonyl (C=O) groups is 1. The van der Waals surface area contributed by atoms with Crippen molar-refractivity contribution in [3.8, 4) is 0 Å². The average molecular weight is 266 g/mol. The Labute approximate surface area is 111 Å². The van der Waals surface area contributed by atoms with Crippen LogP contribution in [0.25, 0.3) is 0 Å². The highest BCUT2D eigenvalue weighted by Gasteiger charge is 2.21. The van der Waals surface area contributed by atoms with E-state index >= 15 is 0 Å². The molecule has 0 aromatic heterocycles. The molecule has 19 heavy (non-hydrogen) atoms. The van der Waals surface area contributed by atoms with Crippen LogP contribution in [0, 0.1) is 10.1 Å². The summed E-state index contributed by atoms with van der Waals surface area (Å²) >= 11 is 0. The van der Waals surface area contributed by atoms with Crippen LogP contribution in [0.4, 0.5) is 5.69 Å². The SMILES string of the molecule is CC(O)CN(C)C(=O)C(C)c1cccc([N+](=O)[O-])c1. The van der Waals surface area contributed by atoms with Gasteiger partial charge in [-0.25, -0.2) is 0 Å². The number of hydrogen-bond acceptors (Lipinski definition) is 4. The molecule has 0 aliphatic heterocycles. The fourth-order valence-electron chi connectivity index (χ4n) is 1.87. The lowest BCUT2D eigenvalue weighted by Gasteiger charge is -2.22. The van der Waals surface area contributed by atoms with E-state index in [0.29, 0.717) is 5.56 Å². The van der Waals surface area contributed by atoms with Gasteiger partial charge < -0.3 is 10.0 Å². The van der Waals surface area contributed by atoms with Crippen molar-refractivity contribution >= 4 is 11.6 Å². The molecule has 0 aliphatic rings. The molecule has 1 N–H and O–H groups in total. The highest BCUT2D eigenvalue weighted by molar-refractivity contribution is 5.83. The van der Waals surface area contributed by atoms with Crippen LogP contribution in [-0.2, 0) is 4.79 Å². The smallest absolute Gasteiger partial charge is 0.269 e. The van der Waals surface area contributed by atoms with Crippen LogP contribution in [0.3, 0.4) is 0 Å². The monoisotopic (exact) mass is 266 g/mol. The maximum atomic E-state index is 12.1. The Bertz CT molecular complexity index is 473. The molecule has 0 spiro atoms. The van der Waals surface area contributed by atoms with Crippen LogP contribution in [-0.4, -0.2) is 40.5 Å². The largest absolute Gasteiger partial charge is 0.392 e. The first kappa shape index (κ1) is 15.1. The molecule has 1 amide bonds.